The Kier molecular flexibility index (Phi) is 6.73. The Morgan fingerprint density at radius 3 is 2.32 bits per heavy atom. The number of methoxy groups -OCH3 is 1. The van der Waals surface area contributed by atoms with E-state index in [1.54, 1.807) is 0 Å². The summed E-state index contributed by atoms with van der Waals surface area (Å²) in [6.07, 6.45) is -2.23. The molecule has 1 N–H and O–H groups in total. The van der Waals surface area contributed by atoms with E-state index in [-0.39, 0.29) is 5.56 Å². The molecule has 122 valence electrons. The molecule has 0 aliphatic heterocycles. The first-order valence-electron chi connectivity index (χ1n) is 6.34. The highest BCUT2D eigenvalue weighted by molar-refractivity contribution is 7.98. The molecule has 0 radical (unpaired) electrons. The van der Waals surface area contributed by atoms with Crippen molar-refractivity contribution in [3.63, 3.8) is 0 Å². The molecular weight excluding hydrogens is 319 g/mol. The summed E-state index contributed by atoms with van der Waals surface area (Å²) in [6, 6.07) is 2.96. The SMILES string of the molecule is COC(=O)[C@H](CCSC)NC(=O)c1ccc(C(F)(F)F)cc1. The van der Waals surface area contributed by atoms with Crippen molar-refractivity contribution < 1.29 is 27.5 Å². The van der Waals surface area contributed by atoms with Gasteiger partial charge in [-0.15, -0.1) is 0 Å². The van der Waals surface area contributed by atoms with Gasteiger partial charge in [-0.3, -0.25) is 4.79 Å². The van der Waals surface area contributed by atoms with Gasteiger partial charge in [0.25, 0.3) is 5.91 Å². The quantitative estimate of drug-likeness (QED) is 0.812. The second-order valence-electron chi connectivity index (χ2n) is 4.41. The summed E-state index contributed by atoms with van der Waals surface area (Å²) in [5.41, 5.74) is -0.790. The third-order valence-electron chi connectivity index (χ3n) is 2.88. The standard InChI is InChI=1S/C14H16F3NO3S/c1-21-13(20)11(7-8-22-2)18-12(19)9-3-5-10(6-4-9)14(15,16)17/h3-6,11H,7-8H2,1-2H3,(H,18,19)/t11-/m0/s1. The van der Waals surface area contributed by atoms with Crippen LogP contribution in [0.1, 0.15) is 22.3 Å². The number of amides is 1. The fourth-order valence-corrected chi connectivity index (χ4v) is 2.15. The van der Waals surface area contributed by atoms with Crippen molar-refractivity contribution >= 4 is 23.6 Å². The Morgan fingerprint density at radius 2 is 1.86 bits per heavy atom. The second kappa shape index (κ2) is 8.07. The van der Waals surface area contributed by atoms with Crippen molar-refractivity contribution in [2.75, 3.05) is 19.1 Å². The number of hydrogen-bond acceptors (Lipinski definition) is 4. The van der Waals surface area contributed by atoms with Crippen LogP contribution < -0.4 is 5.32 Å². The zero-order valence-electron chi connectivity index (χ0n) is 12.1. The molecule has 0 bridgehead atoms. The van der Waals surface area contributed by atoms with Crippen molar-refractivity contribution in [3.8, 4) is 0 Å². The zero-order chi connectivity index (χ0) is 16.8. The van der Waals surface area contributed by atoms with Gasteiger partial charge >= 0.3 is 12.1 Å². The first-order chi connectivity index (χ1) is 10.3. The van der Waals surface area contributed by atoms with Crippen LogP contribution in [0, 0.1) is 0 Å². The van der Waals surface area contributed by atoms with Crippen molar-refractivity contribution in [2.24, 2.45) is 0 Å². The Bertz CT molecular complexity index is 517. The maximum absolute atomic E-state index is 12.5. The summed E-state index contributed by atoms with van der Waals surface area (Å²) in [7, 11) is 1.21. The number of rotatable bonds is 6. The van der Waals surface area contributed by atoms with Gasteiger partial charge in [0.1, 0.15) is 6.04 Å². The number of hydrogen-bond donors (Lipinski definition) is 1. The minimum Gasteiger partial charge on any atom is -0.467 e. The van der Waals surface area contributed by atoms with Crippen LogP contribution in [0.2, 0.25) is 0 Å². The molecule has 0 fully saturated rings. The summed E-state index contributed by atoms with van der Waals surface area (Å²) < 4.78 is 42.0. The minimum absolute atomic E-state index is 0.0473. The van der Waals surface area contributed by atoms with E-state index in [9.17, 15) is 22.8 Å². The van der Waals surface area contributed by atoms with E-state index in [2.05, 4.69) is 10.1 Å². The van der Waals surface area contributed by atoms with Crippen LogP contribution in [-0.4, -0.2) is 37.0 Å². The number of benzene rings is 1. The second-order valence-corrected chi connectivity index (χ2v) is 5.39. The molecule has 4 nitrogen and oxygen atoms in total. The van der Waals surface area contributed by atoms with E-state index in [0.29, 0.717) is 12.2 Å². The van der Waals surface area contributed by atoms with Gasteiger partial charge < -0.3 is 10.1 Å². The Balaban J connectivity index is 2.79. The highest BCUT2D eigenvalue weighted by atomic mass is 32.2. The van der Waals surface area contributed by atoms with E-state index in [1.807, 2.05) is 6.26 Å². The molecule has 1 aromatic carbocycles. The molecule has 1 rings (SSSR count). The Hall–Kier alpha value is -1.70. The fourth-order valence-electron chi connectivity index (χ4n) is 1.68. The van der Waals surface area contributed by atoms with E-state index >= 15 is 0 Å². The first kappa shape index (κ1) is 18.3. The fraction of sp³-hybridized carbons (Fsp3) is 0.429. The normalized spacial score (nSPS) is 12.6. The molecule has 0 aliphatic rings. The summed E-state index contributed by atoms with van der Waals surface area (Å²) in [6.45, 7) is 0. The molecule has 8 heteroatoms. The Morgan fingerprint density at radius 1 is 1.27 bits per heavy atom. The summed E-state index contributed by atoms with van der Waals surface area (Å²) in [5, 5.41) is 2.47. The highest BCUT2D eigenvalue weighted by Gasteiger charge is 2.30. The lowest BCUT2D eigenvalue weighted by atomic mass is 10.1. The van der Waals surface area contributed by atoms with Crippen molar-refractivity contribution in [1.82, 2.24) is 5.32 Å². The van der Waals surface area contributed by atoms with Gasteiger partial charge in [0.05, 0.1) is 12.7 Å². The highest BCUT2D eigenvalue weighted by Crippen LogP contribution is 2.29. The monoisotopic (exact) mass is 335 g/mol. The number of nitrogens with one attached hydrogen (secondary N) is 1. The van der Waals surface area contributed by atoms with Gasteiger partial charge in [-0.05, 0) is 42.7 Å². The van der Waals surface area contributed by atoms with E-state index in [1.165, 1.54) is 18.9 Å². The van der Waals surface area contributed by atoms with Crippen LogP contribution >= 0.6 is 11.8 Å². The van der Waals surface area contributed by atoms with Crippen LogP contribution in [0.4, 0.5) is 13.2 Å². The van der Waals surface area contributed by atoms with Gasteiger partial charge in [0, 0.05) is 5.56 Å². The lowest BCUT2D eigenvalue weighted by Gasteiger charge is -2.16. The first-order valence-corrected chi connectivity index (χ1v) is 7.74. The van der Waals surface area contributed by atoms with E-state index in [0.717, 1.165) is 24.3 Å². The maximum atomic E-state index is 12.5. The lowest BCUT2D eigenvalue weighted by Crippen LogP contribution is -2.41. The summed E-state index contributed by atoms with van der Waals surface area (Å²) >= 11 is 1.50. The molecule has 0 aliphatic carbocycles. The third kappa shape index (κ3) is 5.25. The van der Waals surface area contributed by atoms with Crippen molar-refractivity contribution in [2.45, 2.75) is 18.6 Å². The number of esters is 1. The number of thioether (sulfide) groups is 1. The van der Waals surface area contributed by atoms with Gasteiger partial charge in [-0.1, -0.05) is 0 Å². The number of carbonyl (C=O) groups excluding carboxylic acids is 2. The molecule has 0 unspecified atom stereocenters. The van der Waals surface area contributed by atoms with Crippen molar-refractivity contribution in [1.29, 1.82) is 0 Å². The Labute approximate surface area is 130 Å². The summed E-state index contributed by atoms with van der Waals surface area (Å²) in [4.78, 5) is 23.6. The van der Waals surface area contributed by atoms with Gasteiger partial charge in [0.15, 0.2) is 0 Å². The zero-order valence-corrected chi connectivity index (χ0v) is 12.9. The van der Waals surface area contributed by atoms with Gasteiger partial charge in [0.2, 0.25) is 0 Å². The number of ether oxygens (including phenoxy) is 1. The smallest absolute Gasteiger partial charge is 0.416 e. The molecule has 0 aromatic heterocycles. The topological polar surface area (TPSA) is 55.4 Å². The summed E-state index contributed by atoms with van der Waals surface area (Å²) in [5.74, 6) is -0.577. The van der Waals surface area contributed by atoms with E-state index in [4.69, 9.17) is 0 Å². The predicted octanol–water partition coefficient (Wildman–Crippen LogP) is 2.73. The van der Waals surface area contributed by atoms with Crippen LogP contribution in [-0.2, 0) is 15.7 Å². The molecule has 0 spiro atoms. The average Bonchev–Trinajstić information content (AvgIpc) is 2.49. The predicted molar refractivity (Wildman–Crippen MR) is 77.7 cm³/mol. The molecule has 1 aromatic rings. The van der Waals surface area contributed by atoms with Crippen LogP contribution in [0.15, 0.2) is 24.3 Å². The molecule has 0 saturated heterocycles. The minimum atomic E-state index is -4.46. The van der Waals surface area contributed by atoms with Crippen LogP contribution in [0.25, 0.3) is 0 Å². The molecule has 0 saturated carbocycles. The number of alkyl halides is 3. The van der Waals surface area contributed by atoms with Crippen molar-refractivity contribution in [3.05, 3.63) is 35.4 Å². The van der Waals surface area contributed by atoms with Crippen LogP contribution in [0.5, 0.6) is 0 Å². The van der Waals surface area contributed by atoms with Gasteiger partial charge in [-0.2, -0.15) is 24.9 Å². The maximum Gasteiger partial charge on any atom is 0.416 e. The number of carbonyl (C=O) groups is 2. The average molecular weight is 335 g/mol. The largest absolute Gasteiger partial charge is 0.467 e. The molecule has 22 heavy (non-hydrogen) atoms. The molecular formula is C14H16F3NO3S. The third-order valence-corrected chi connectivity index (χ3v) is 3.52. The van der Waals surface area contributed by atoms with Gasteiger partial charge in [-0.25, -0.2) is 4.79 Å². The molecule has 1 amide bonds. The van der Waals surface area contributed by atoms with Crippen LogP contribution in [0.3, 0.4) is 0 Å². The lowest BCUT2D eigenvalue weighted by molar-refractivity contribution is -0.143. The molecule has 1 atom stereocenters. The van der Waals surface area contributed by atoms with E-state index < -0.39 is 29.7 Å². The molecule has 0 heterocycles. The number of halogens is 3.